The average molecular weight is 158 g/mol. The van der Waals surface area contributed by atoms with Gasteiger partial charge < -0.3 is 0 Å². The summed E-state index contributed by atoms with van der Waals surface area (Å²) in [5.74, 6) is 2.25. The molecule has 0 radical (unpaired) electrons. The molecule has 0 aliphatic heterocycles. The highest BCUT2D eigenvalue weighted by molar-refractivity contribution is 5.29. The van der Waals surface area contributed by atoms with E-state index in [0.29, 0.717) is 5.92 Å². The van der Waals surface area contributed by atoms with Crippen LogP contribution in [0.15, 0.2) is 43.0 Å². The van der Waals surface area contributed by atoms with Gasteiger partial charge in [0.25, 0.3) is 0 Å². The van der Waals surface area contributed by atoms with Gasteiger partial charge >= 0.3 is 0 Å². The molecule has 0 unspecified atom stereocenters. The number of hydrogen-bond donors (Lipinski definition) is 0. The van der Waals surface area contributed by atoms with Crippen LogP contribution in [0.4, 0.5) is 0 Å². The second kappa shape index (κ2) is 2.78. The van der Waals surface area contributed by atoms with Gasteiger partial charge in [0.2, 0.25) is 0 Å². The van der Waals surface area contributed by atoms with Gasteiger partial charge in [-0.15, -0.1) is 6.58 Å². The summed E-state index contributed by atoms with van der Waals surface area (Å²) in [6, 6.07) is 10.7. The minimum atomic E-state index is 0.715. The second-order valence-corrected chi connectivity index (χ2v) is 3.61. The fourth-order valence-corrected chi connectivity index (χ4v) is 2.06. The molecule has 62 valence electrons. The van der Waals surface area contributed by atoms with Crippen LogP contribution in [0, 0.1) is 11.8 Å². The lowest BCUT2D eigenvalue weighted by Gasteiger charge is -1.95. The smallest absolute Gasteiger partial charge is 0.00648 e. The van der Waals surface area contributed by atoms with E-state index in [9.17, 15) is 0 Å². The van der Waals surface area contributed by atoms with Crippen LogP contribution in [-0.4, -0.2) is 0 Å². The van der Waals surface area contributed by atoms with Crippen molar-refractivity contribution in [2.75, 3.05) is 0 Å². The molecule has 0 N–H and O–H groups in total. The predicted molar refractivity (Wildman–Crippen MR) is 52.0 cm³/mol. The van der Waals surface area contributed by atoms with Crippen molar-refractivity contribution >= 4 is 0 Å². The lowest BCUT2D eigenvalue weighted by atomic mass is 10.1. The summed E-state index contributed by atoms with van der Waals surface area (Å²) in [6.45, 7) is 6.14. The van der Waals surface area contributed by atoms with E-state index in [1.165, 1.54) is 5.56 Å². The van der Waals surface area contributed by atoms with Gasteiger partial charge in [-0.2, -0.15) is 0 Å². The predicted octanol–water partition coefficient (Wildman–Crippen LogP) is 3.22. The summed E-state index contributed by atoms with van der Waals surface area (Å²) in [7, 11) is 0. The molecule has 1 aromatic carbocycles. The van der Waals surface area contributed by atoms with Crippen molar-refractivity contribution in [1.82, 2.24) is 0 Å². The van der Waals surface area contributed by atoms with E-state index in [-0.39, 0.29) is 0 Å². The molecule has 0 heterocycles. The van der Waals surface area contributed by atoms with Gasteiger partial charge in [-0.25, -0.2) is 0 Å². The fraction of sp³-hybridized carbons (Fsp3) is 0.333. The monoisotopic (exact) mass is 158 g/mol. The second-order valence-electron chi connectivity index (χ2n) is 3.61. The van der Waals surface area contributed by atoms with Crippen molar-refractivity contribution in [3.05, 3.63) is 48.6 Å². The molecule has 1 aliphatic carbocycles. The molecular weight excluding hydrogens is 144 g/mol. The van der Waals surface area contributed by atoms with Crippen LogP contribution in [-0.2, 0) is 0 Å². The highest BCUT2D eigenvalue weighted by Crippen LogP contribution is 2.54. The Kier molecular flexibility index (Phi) is 1.76. The van der Waals surface area contributed by atoms with E-state index in [2.05, 4.69) is 49.9 Å². The van der Waals surface area contributed by atoms with Gasteiger partial charge in [-0.1, -0.05) is 43.3 Å². The number of benzene rings is 1. The molecule has 0 aromatic heterocycles. The quantitative estimate of drug-likeness (QED) is 0.580. The molecule has 0 heteroatoms. The molecule has 0 spiro atoms. The Morgan fingerprint density at radius 1 is 1.25 bits per heavy atom. The lowest BCUT2D eigenvalue weighted by molar-refractivity contribution is 0.888. The first-order valence-corrected chi connectivity index (χ1v) is 4.52. The summed E-state index contributed by atoms with van der Waals surface area (Å²) < 4.78 is 0. The molecule has 1 saturated carbocycles. The zero-order chi connectivity index (χ0) is 8.55. The van der Waals surface area contributed by atoms with Crippen molar-refractivity contribution in [3.8, 4) is 0 Å². The molecule has 0 bridgehead atoms. The van der Waals surface area contributed by atoms with E-state index in [0.717, 1.165) is 11.8 Å². The number of hydrogen-bond acceptors (Lipinski definition) is 0. The van der Waals surface area contributed by atoms with Crippen molar-refractivity contribution in [3.63, 3.8) is 0 Å². The Bertz CT molecular complexity index is 273. The van der Waals surface area contributed by atoms with Gasteiger partial charge in [-0.05, 0) is 23.3 Å². The van der Waals surface area contributed by atoms with Crippen molar-refractivity contribution in [1.29, 1.82) is 0 Å². The Morgan fingerprint density at radius 3 is 2.42 bits per heavy atom. The van der Waals surface area contributed by atoms with Gasteiger partial charge in [0, 0.05) is 0 Å². The van der Waals surface area contributed by atoms with E-state index in [1.54, 1.807) is 0 Å². The Morgan fingerprint density at radius 2 is 1.92 bits per heavy atom. The molecule has 0 amide bonds. The summed E-state index contributed by atoms with van der Waals surface area (Å²) in [4.78, 5) is 0. The van der Waals surface area contributed by atoms with E-state index >= 15 is 0 Å². The van der Waals surface area contributed by atoms with Crippen molar-refractivity contribution < 1.29 is 0 Å². The molecule has 1 aromatic rings. The first-order valence-electron chi connectivity index (χ1n) is 4.52. The topological polar surface area (TPSA) is 0 Å². The standard InChI is InChI=1S/C12H14/c1-3-11-9(2)12(11)10-7-5-4-6-8-10/h3-9,11-12H,1H2,2H3/t9-,11+,12-/m0/s1. The fourth-order valence-electron chi connectivity index (χ4n) is 2.06. The van der Waals surface area contributed by atoms with Crippen molar-refractivity contribution in [2.24, 2.45) is 11.8 Å². The van der Waals surface area contributed by atoms with E-state index in [1.807, 2.05) is 0 Å². The van der Waals surface area contributed by atoms with Crippen LogP contribution in [0.1, 0.15) is 18.4 Å². The lowest BCUT2D eigenvalue weighted by Crippen LogP contribution is -1.79. The normalized spacial score (nSPS) is 32.9. The molecule has 3 atom stereocenters. The summed E-state index contributed by atoms with van der Waals surface area (Å²) >= 11 is 0. The first-order chi connectivity index (χ1) is 5.84. The highest BCUT2D eigenvalue weighted by atomic mass is 14.5. The molecule has 2 rings (SSSR count). The van der Waals surface area contributed by atoms with Crippen LogP contribution in [0.25, 0.3) is 0 Å². The van der Waals surface area contributed by atoms with Gasteiger partial charge in [0.15, 0.2) is 0 Å². The maximum Gasteiger partial charge on any atom is -0.00648 e. The van der Waals surface area contributed by atoms with Crippen LogP contribution in [0.3, 0.4) is 0 Å². The SMILES string of the molecule is C=C[C@@H]1[C@H](C)[C@H]1c1ccccc1. The van der Waals surface area contributed by atoms with Crippen LogP contribution < -0.4 is 0 Å². The van der Waals surface area contributed by atoms with E-state index < -0.39 is 0 Å². The third-order valence-electron chi connectivity index (χ3n) is 2.90. The Hall–Kier alpha value is -1.04. The third-order valence-corrected chi connectivity index (χ3v) is 2.90. The van der Waals surface area contributed by atoms with E-state index in [4.69, 9.17) is 0 Å². The maximum atomic E-state index is 3.85. The molecule has 1 aliphatic rings. The minimum Gasteiger partial charge on any atom is -0.103 e. The molecule has 12 heavy (non-hydrogen) atoms. The number of rotatable bonds is 2. The number of allylic oxidation sites excluding steroid dienone is 1. The molecule has 0 nitrogen and oxygen atoms in total. The minimum absolute atomic E-state index is 0.715. The first kappa shape index (κ1) is 7.60. The average Bonchev–Trinajstić information content (AvgIpc) is 2.78. The van der Waals surface area contributed by atoms with Gasteiger partial charge in [0.1, 0.15) is 0 Å². The van der Waals surface area contributed by atoms with Crippen LogP contribution >= 0.6 is 0 Å². The molecule has 1 fully saturated rings. The summed E-state index contributed by atoms with van der Waals surface area (Å²) in [5, 5.41) is 0. The Labute approximate surface area is 73.9 Å². The van der Waals surface area contributed by atoms with Crippen molar-refractivity contribution in [2.45, 2.75) is 12.8 Å². The molecular formula is C12H14. The summed E-state index contributed by atoms with van der Waals surface area (Å²) in [5.41, 5.74) is 1.47. The third kappa shape index (κ3) is 1.08. The van der Waals surface area contributed by atoms with Gasteiger partial charge in [0.05, 0.1) is 0 Å². The largest absolute Gasteiger partial charge is 0.103 e. The maximum absolute atomic E-state index is 3.85. The summed E-state index contributed by atoms with van der Waals surface area (Å²) in [6.07, 6.45) is 2.09. The van der Waals surface area contributed by atoms with Gasteiger partial charge in [-0.3, -0.25) is 0 Å². The Balaban J connectivity index is 2.19. The highest BCUT2D eigenvalue weighted by Gasteiger charge is 2.44. The van der Waals surface area contributed by atoms with Crippen LogP contribution in [0.2, 0.25) is 0 Å². The zero-order valence-electron chi connectivity index (χ0n) is 7.40. The van der Waals surface area contributed by atoms with Crippen LogP contribution in [0.5, 0.6) is 0 Å². The molecule has 0 saturated heterocycles. The zero-order valence-corrected chi connectivity index (χ0v) is 7.40.